The molecule has 1 aliphatic heterocycles. The van der Waals surface area contributed by atoms with Gasteiger partial charge in [-0.15, -0.1) is 0 Å². The minimum atomic E-state index is -0.184. The first-order chi connectivity index (χ1) is 14.0. The number of thioether (sulfide) groups is 1. The number of hydrogen-bond acceptors (Lipinski definition) is 5. The third kappa shape index (κ3) is 5.84. The zero-order valence-corrected chi connectivity index (χ0v) is 19.5. The molecule has 0 aliphatic carbocycles. The van der Waals surface area contributed by atoms with Crippen molar-refractivity contribution in [1.29, 1.82) is 0 Å². The van der Waals surface area contributed by atoms with Crippen molar-refractivity contribution in [1.82, 2.24) is 5.32 Å². The van der Waals surface area contributed by atoms with E-state index in [0.29, 0.717) is 34.1 Å². The fourth-order valence-corrected chi connectivity index (χ4v) is 4.28. The van der Waals surface area contributed by atoms with E-state index >= 15 is 0 Å². The second-order valence-electron chi connectivity index (χ2n) is 6.58. The Kier molecular flexibility index (Phi) is 7.75. The molecule has 0 aromatic heterocycles. The van der Waals surface area contributed by atoms with E-state index in [2.05, 4.69) is 41.2 Å². The lowest BCUT2D eigenvalue weighted by molar-refractivity contribution is -0.115. The van der Waals surface area contributed by atoms with Crippen LogP contribution < -0.4 is 14.8 Å². The van der Waals surface area contributed by atoms with E-state index in [0.717, 1.165) is 22.2 Å². The fraction of sp³-hybridized carbons (Fsp3) is 0.273. The van der Waals surface area contributed by atoms with Gasteiger partial charge in [0.1, 0.15) is 29.0 Å². The number of halogens is 1. The van der Waals surface area contributed by atoms with Gasteiger partial charge in [0.05, 0.1) is 4.91 Å². The molecule has 0 spiro atoms. The first-order valence-corrected chi connectivity index (χ1v) is 11.4. The highest BCUT2D eigenvalue weighted by Crippen LogP contribution is 2.31. The molecule has 1 fully saturated rings. The highest BCUT2D eigenvalue weighted by atomic mass is 79.9. The summed E-state index contributed by atoms with van der Waals surface area (Å²) in [6.07, 6.45) is 2.85. The Balaban J connectivity index is 1.66. The van der Waals surface area contributed by atoms with Crippen LogP contribution >= 0.6 is 39.9 Å². The summed E-state index contributed by atoms with van der Waals surface area (Å²) in [5, 5.41) is 2.63. The Bertz CT molecular complexity index is 945. The van der Waals surface area contributed by atoms with E-state index in [1.54, 1.807) is 6.08 Å². The van der Waals surface area contributed by atoms with Gasteiger partial charge in [0.2, 0.25) is 0 Å². The van der Waals surface area contributed by atoms with Crippen molar-refractivity contribution in [3.05, 3.63) is 63.0 Å². The number of nitrogens with one attached hydrogen (secondary N) is 1. The highest BCUT2D eigenvalue weighted by Gasteiger charge is 2.22. The van der Waals surface area contributed by atoms with Crippen molar-refractivity contribution < 1.29 is 14.3 Å². The molecule has 7 heteroatoms. The lowest BCUT2D eigenvalue weighted by atomic mass is 9.98. The summed E-state index contributed by atoms with van der Waals surface area (Å²) < 4.78 is 13.3. The van der Waals surface area contributed by atoms with Gasteiger partial charge in [-0.25, -0.2) is 0 Å². The minimum Gasteiger partial charge on any atom is -0.490 e. The van der Waals surface area contributed by atoms with Crippen molar-refractivity contribution >= 4 is 56.2 Å². The largest absolute Gasteiger partial charge is 0.490 e. The van der Waals surface area contributed by atoms with Crippen LogP contribution in [0.3, 0.4) is 0 Å². The van der Waals surface area contributed by atoms with Crippen LogP contribution in [0.4, 0.5) is 0 Å². The third-order valence-electron chi connectivity index (χ3n) is 4.56. The van der Waals surface area contributed by atoms with Crippen molar-refractivity contribution in [2.45, 2.75) is 26.2 Å². The number of thiocarbonyl (C=S) groups is 1. The van der Waals surface area contributed by atoms with E-state index in [-0.39, 0.29) is 5.91 Å². The van der Waals surface area contributed by atoms with Gasteiger partial charge in [0, 0.05) is 10.0 Å². The number of amides is 1. The van der Waals surface area contributed by atoms with E-state index in [9.17, 15) is 4.79 Å². The molecule has 1 atom stereocenters. The van der Waals surface area contributed by atoms with Gasteiger partial charge >= 0.3 is 0 Å². The van der Waals surface area contributed by atoms with Crippen LogP contribution in [0.2, 0.25) is 0 Å². The summed E-state index contributed by atoms with van der Waals surface area (Å²) in [7, 11) is 0. The maximum Gasteiger partial charge on any atom is 0.263 e. The Morgan fingerprint density at radius 3 is 2.59 bits per heavy atom. The van der Waals surface area contributed by atoms with Crippen LogP contribution in [0, 0.1) is 0 Å². The number of carbonyl (C=O) groups is 1. The number of rotatable bonds is 8. The molecule has 29 heavy (non-hydrogen) atoms. The van der Waals surface area contributed by atoms with E-state index < -0.39 is 0 Å². The average molecular weight is 492 g/mol. The van der Waals surface area contributed by atoms with Gasteiger partial charge in [-0.3, -0.25) is 4.79 Å². The van der Waals surface area contributed by atoms with Crippen molar-refractivity contribution in [2.24, 2.45) is 0 Å². The van der Waals surface area contributed by atoms with Crippen LogP contribution in [-0.2, 0) is 4.79 Å². The average Bonchev–Trinajstić information content (AvgIpc) is 3.03. The van der Waals surface area contributed by atoms with Crippen LogP contribution in [-0.4, -0.2) is 23.4 Å². The number of hydrogen-bond donors (Lipinski definition) is 1. The maximum absolute atomic E-state index is 12.0. The van der Waals surface area contributed by atoms with E-state index in [1.807, 2.05) is 36.4 Å². The van der Waals surface area contributed by atoms with E-state index in [4.69, 9.17) is 21.7 Å². The normalized spacial score (nSPS) is 16.0. The van der Waals surface area contributed by atoms with Gasteiger partial charge in [-0.2, -0.15) is 0 Å². The molecule has 0 radical (unpaired) electrons. The fourth-order valence-electron chi connectivity index (χ4n) is 2.87. The van der Waals surface area contributed by atoms with Crippen LogP contribution in [0.5, 0.6) is 11.5 Å². The Labute approximate surface area is 189 Å². The van der Waals surface area contributed by atoms with Crippen molar-refractivity contribution in [3.63, 3.8) is 0 Å². The van der Waals surface area contributed by atoms with Gasteiger partial charge in [0.25, 0.3) is 5.91 Å². The minimum absolute atomic E-state index is 0.184. The molecule has 1 saturated heterocycles. The Morgan fingerprint density at radius 2 is 1.90 bits per heavy atom. The lowest BCUT2D eigenvalue weighted by Crippen LogP contribution is -2.17. The Morgan fingerprint density at radius 1 is 1.17 bits per heavy atom. The van der Waals surface area contributed by atoms with Gasteiger partial charge in [-0.1, -0.05) is 72.0 Å². The molecule has 2 aromatic carbocycles. The summed E-state index contributed by atoms with van der Waals surface area (Å²) in [6.45, 7) is 5.19. The summed E-state index contributed by atoms with van der Waals surface area (Å²) in [5.74, 6) is 1.84. The predicted molar refractivity (Wildman–Crippen MR) is 127 cm³/mol. The quantitative estimate of drug-likeness (QED) is 0.282. The summed E-state index contributed by atoms with van der Waals surface area (Å²) in [6, 6.07) is 13.8. The SMILES string of the molecule is CCC(C)c1ccccc1OCCOc1ccc(Br)cc1/C=C1\SC(=S)NC1=O. The standard InChI is InChI=1S/C22H22BrNO3S2/c1-3-14(2)17-6-4-5-7-19(17)27-11-10-26-18-9-8-16(23)12-15(18)13-20-21(25)24-22(28)29-20/h4-9,12-14H,3,10-11H2,1-2H3,(H,24,25,28)/b20-13-. The van der Waals surface area contributed by atoms with Crippen LogP contribution in [0.1, 0.15) is 37.3 Å². The number of benzene rings is 2. The zero-order valence-electron chi connectivity index (χ0n) is 16.2. The smallest absolute Gasteiger partial charge is 0.263 e. The molecule has 0 bridgehead atoms. The zero-order chi connectivity index (χ0) is 20.8. The van der Waals surface area contributed by atoms with Crippen LogP contribution in [0.15, 0.2) is 51.8 Å². The second-order valence-corrected chi connectivity index (χ2v) is 9.21. The van der Waals surface area contributed by atoms with Crippen molar-refractivity contribution in [3.8, 4) is 11.5 Å². The molecule has 2 aromatic rings. The topological polar surface area (TPSA) is 47.6 Å². The molecular weight excluding hydrogens is 470 g/mol. The molecule has 1 aliphatic rings. The third-order valence-corrected chi connectivity index (χ3v) is 6.22. The van der Waals surface area contributed by atoms with Gasteiger partial charge < -0.3 is 14.8 Å². The first-order valence-electron chi connectivity index (χ1n) is 9.37. The van der Waals surface area contributed by atoms with Crippen LogP contribution in [0.25, 0.3) is 6.08 Å². The first kappa shape index (κ1) is 21.9. The molecule has 1 heterocycles. The molecule has 1 unspecified atom stereocenters. The molecule has 4 nitrogen and oxygen atoms in total. The lowest BCUT2D eigenvalue weighted by Gasteiger charge is -2.16. The van der Waals surface area contributed by atoms with Gasteiger partial charge in [-0.05, 0) is 48.2 Å². The summed E-state index contributed by atoms with van der Waals surface area (Å²) in [4.78, 5) is 12.5. The molecular formula is C22H22BrNO3S2. The number of para-hydroxylation sites is 1. The monoisotopic (exact) mass is 491 g/mol. The molecule has 152 valence electrons. The predicted octanol–water partition coefficient (Wildman–Crippen LogP) is 5.91. The van der Waals surface area contributed by atoms with Crippen molar-refractivity contribution in [2.75, 3.05) is 13.2 Å². The number of carbonyl (C=O) groups excluding carboxylic acids is 1. The summed E-state index contributed by atoms with van der Waals surface area (Å²) >= 11 is 9.77. The van der Waals surface area contributed by atoms with Gasteiger partial charge in [0.15, 0.2) is 0 Å². The second kappa shape index (κ2) is 10.3. The number of ether oxygens (including phenoxy) is 2. The maximum atomic E-state index is 12.0. The molecule has 1 amide bonds. The summed E-state index contributed by atoms with van der Waals surface area (Å²) in [5.41, 5.74) is 2.02. The molecule has 0 saturated carbocycles. The Hall–Kier alpha value is -1.83. The molecule has 3 rings (SSSR count). The molecule has 1 N–H and O–H groups in total. The highest BCUT2D eigenvalue weighted by molar-refractivity contribution is 9.10. The van der Waals surface area contributed by atoms with E-state index in [1.165, 1.54) is 17.3 Å².